The van der Waals surface area contributed by atoms with E-state index in [9.17, 15) is 18.0 Å². The van der Waals surface area contributed by atoms with Crippen LogP contribution in [0.3, 0.4) is 0 Å². The number of alkyl halides is 3. The Kier molecular flexibility index (Phi) is 7.39. The predicted octanol–water partition coefficient (Wildman–Crippen LogP) is 6.42. The minimum atomic E-state index is -4.45. The Balaban J connectivity index is 0.00000145. The lowest BCUT2D eigenvalue weighted by atomic mass is 10.1. The Hall–Kier alpha value is -2.87. The number of hydrogen-bond acceptors (Lipinski definition) is 4. The van der Waals surface area contributed by atoms with Gasteiger partial charge < -0.3 is 10.1 Å². The molecule has 0 aliphatic carbocycles. The molecule has 8 heteroatoms. The third-order valence-electron chi connectivity index (χ3n) is 3.86. The number of thiazole rings is 1. The molecule has 1 aromatic heterocycles. The Bertz CT molecular complexity index is 967. The van der Waals surface area contributed by atoms with Crippen molar-refractivity contribution in [3.05, 3.63) is 64.0 Å². The summed E-state index contributed by atoms with van der Waals surface area (Å²) in [6, 6.07) is 11.6. The molecule has 0 unspecified atom stereocenters. The maximum absolute atomic E-state index is 12.7. The van der Waals surface area contributed by atoms with Gasteiger partial charge in [-0.3, -0.25) is 4.79 Å². The first kappa shape index (κ1) is 22.4. The number of nitrogens with zero attached hydrogens (tertiary/aromatic N) is 1. The molecule has 2 aromatic carbocycles. The molecule has 29 heavy (non-hydrogen) atoms. The van der Waals surface area contributed by atoms with E-state index in [1.54, 1.807) is 56.5 Å². The number of nitrogens with one attached hydrogen (secondary N) is 1. The van der Waals surface area contributed by atoms with E-state index in [0.29, 0.717) is 33.9 Å². The lowest BCUT2D eigenvalue weighted by Gasteiger charge is -2.09. The van der Waals surface area contributed by atoms with E-state index in [-0.39, 0.29) is 11.6 Å². The summed E-state index contributed by atoms with van der Waals surface area (Å²) in [5, 5.41) is 3.24. The zero-order chi connectivity index (χ0) is 21.6. The van der Waals surface area contributed by atoms with Gasteiger partial charge >= 0.3 is 6.18 Å². The van der Waals surface area contributed by atoms with Gasteiger partial charge in [-0.15, -0.1) is 11.3 Å². The van der Waals surface area contributed by atoms with Gasteiger partial charge in [0.2, 0.25) is 0 Å². The summed E-state index contributed by atoms with van der Waals surface area (Å²) in [7, 11) is 1.55. The molecule has 4 nitrogen and oxygen atoms in total. The molecule has 0 spiro atoms. The molecule has 1 N–H and O–H groups in total. The molecule has 0 atom stereocenters. The molecule has 0 fully saturated rings. The number of halogens is 3. The molecule has 3 aromatic rings. The van der Waals surface area contributed by atoms with E-state index >= 15 is 0 Å². The SMILES string of the molecule is CC.COc1ccc(C(=O)Nc2ccc(-c3csc(C(F)(F)F)n3)cc2)c(C)c1. The third-order valence-corrected chi connectivity index (χ3v) is 4.75. The number of carbonyl (C=O) groups excluding carboxylic acids is 1. The van der Waals surface area contributed by atoms with Gasteiger partial charge in [-0.2, -0.15) is 13.2 Å². The van der Waals surface area contributed by atoms with Crippen molar-refractivity contribution >= 4 is 22.9 Å². The van der Waals surface area contributed by atoms with Gasteiger partial charge in [0.05, 0.1) is 12.8 Å². The zero-order valence-corrected chi connectivity index (χ0v) is 17.2. The fourth-order valence-electron chi connectivity index (χ4n) is 2.48. The van der Waals surface area contributed by atoms with E-state index < -0.39 is 11.2 Å². The second kappa shape index (κ2) is 9.56. The number of amides is 1. The number of ether oxygens (including phenoxy) is 1. The molecule has 0 bridgehead atoms. The summed E-state index contributed by atoms with van der Waals surface area (Å²) in [5.41, 5.74) is 2.60. The normalized spacial score (nSPS) is 10.7. The molecule has 154 valence electrons. The Morgan fingerprint density at radius 3 is 2.28 bits per heavy atom. The van der Waals surface area contributed by atoms with Crippen LogP contribution in [-0.4, -0.2) is 18.0 Å². The average molecular weight is 422 g/mol. The summed E-state index contributed by atoms with van der Waals surface area (Å²) >= 11 is 0.552. The van der Waals surface area contributed by atoms with Crippen LogP contribution in [0.1, 0.15) is 34.8 Å². The van der Waals surface area contributed by atoms with Crippen LogP contribution in [0.4, 0.5) is 18.9 Å². The molecule has 0 saturated heterocycles. The van der Waals surface area contributed by atoms with Gasteiger partial charge in [-0.05, 0) is 42.8 Å². The zero-order valence-electron chi connectivity index (χ0n) is 16.4. The molecular weight excluding hydrogens is 401 g/mol. The minimum absolute atomic E-state index is 0.246. The van der Waals surface area contributed by atoms with Crippen LogP contribution in [0.2, 0.25) is 0 Å². The highest BCUT2D eigenvalue weighted by molar-refractivity contribution is 7.10. The molecule has 1 amide bonds. The van der Waals surface area contributed by atoms with Gasteiger partial charge in [0, 0.05) is 22.2 Å². The lowest BCUT2D eigenvalue weighted by molar-refractivity contribution is -0.137. The van der Waals surface area contributed by atoms with Gasteiger partial charge in [0.1, 0.15) is 5.75 Å². The number of benzene rings is 2. The van der Waals surface area contributed by atoms with E-state index in [2.05, 4.69) is 10.3 Å². The van der Waals surface area contributed by atoms with Crippen molar-refractivity contribution in [2.75, 3.05) is 12.4 Å². The van der Waals surface area contributed by atoms with E-state index in [1.165, 1.54) is 5.38 Å². The van der Waals surface area contributed by atoms with Gasteiger partial charge in [-0.1, -0.05) is 26.0 Å². The van der Waals surface area contributed by atoms with Crippen LogP contribution in [0.15, 0.2) is 47.8 Å². The monoisotopic (exact) mass is 422 g/mol. The lowest BCUT2D eigenvalue weighted by Crippen LogP contribution is -2.13. The molecule has 0 saturated carbocycles. The number of hydrogen-bond donors (Lipinski definition) is 1. The maximum atomic E-state index is 12.7. The van der Waals surface area contributed by atoms with Crippen molar-refractivity contribution in [3.8, 4) is 17.0 Å². The summed E-state index contributed by atoms with van der Waals surface area (Å²) in [6.45, 7) is 5.81. The van der Waals surface area contributed by atoms with Crippen LogP contribution in [-0.2, 0) is 6.18 Å². The quantitative estimate of drug-likeness (QED) is 0.527. The van der Waals surface area contributed by atoms with E-state index in [4.69, 9.17) is 4.74 Å². The van der Waals surface area contributed by atoms with E-state index in [0.717, 1.165) is 5.56 Å². The van der Waals surface area contributed by atoms with Crippen LogP contribution >= 0.6 is 11.3 Å². The molecule has 1 heterocycles. The van der Waals surface area contributed by atoms with Crippen molar-refractivity contribution < 1.29 is 22.7 Å². The van der Waals surface area contributed by atoms with Crippen molar-refractivity contribution in [2.24, 2.45) is 0 Å². The highest BCUT2D eigenvalue weighted by Crippen LogP contribution is 2.34. The largest absolute Gasteiger partial charge is 0.497 e. The second-order valence-electron chi connectivity index (χ2n) is 5.75. The first-order chi connectivity index (χ1) is 13.8. The minimum Gasteiger partial charge on any atom is -0.497 e. The Morgan fingerprint density at radius 1 is 1.10 bits per heavy atom. The van der Waals surface area contributed by atoms with Crippen molar-refractivity contribution in [3.63, 3.8) is 0 Å². The number of anilines is 1. The standard InChI is InChI=1S/C19H15F3N2O2S.C2H6/c1-11-9-14(26-2)7-8-15(11)17(25)23-13-5-3-12(4-6-13)16-10-27-18(24-16)19(20,21)22;1-2/h3-10H,1-2H3,(H,23,25);1-2H3. The van der Waals surface area contributed by atoms with Crippen LogP contribution in [0.25, 0.3) is 11.3 Å². The Labute approximate surface area is 171 Å². The first-order valence-electron chi connectivity index (χ1n) is 8.87. The third kappa shape index (κ3) is 5.57. The Morgan fingerprint density at radius 2 is 1.76 bits per heavy atom. The van der Waals surface area contributed by atoms with Crippen molar-refractivity contribution in [1.29, 1.82) is 0 Å². The van der Waals surface area contributed by atoms with E-state index in [1.807, 2.05) is 13.8 Å². The average Bonchev–Trinajstić information content (AvgIpc) is 3.20. The number of aromatic nitrogens is 1. The van der Waals surface area contributed by atoms with Gasteiger partial charge in [0.15, 0.2) is 5.01 Å². The number of aryl methyl sites for hydroxylation is 1. The fourth-order valence-corrected chi connectivity index (χ4v) is 3.17. The van der Waals surface area contributed by atoms with Crippen molar-refractivity contribution in [2.45, 2.75) is 26.9 Å². The highest BCUT2D eigenvalue weighted by Gasteiger charge is 2.34. The molecular formula is C21H21F3N2O2S. The summed E-state index contributed by atoms with van der Waals surface area (Å²) in [5.74, 6) is 0.380. The second-order valence-corrected chi connectivity index (χ2v) is 6.61. The maximum Gasteiger partial charge on any atom is 0.443 e. The molecule has 0 aliphatic rings. The fraction of sp³-hybridized carbons (Fsp3) is 0.238. The number of carbonyl (C=O) groups is 1. The van der Waals surface area contributed by atoms with Crippen LogP contribution in [0, 0.1) is 6.92 Å². The first-order valence-corrected chi connectivity index (χ1v) is 9.75. The molecule has 0 aliphatic heterocycles. The van der Waals surface area contributed by atoms with Gasteiger partial charge in [0.25, 0.3) is 5.91 Å². The van der Waals surface area contributed by atoms with Crippen LogP contribution in [0.5, 0.6) is 5.75 Å². The summed E-state index contributed by atoms with van der Waals surface area (Å²) in [6.07, 6.45) is -4.45. The number of rotatable bonds is 4. The smallest absolute Gasteiger partial charge is 0.443 e. The predicted molar refractivity (Wildman–Crippen MR) is 110 cm³/mol. The van der Waals surface area contributed by atoms with Crippen LogP contribution < -0.4 is 10.1 Å². The van der Waals surface area contributed by atoms with Gasteiger partial charge in [-0.25, -0.2) is 4.98 Å². The summed E-state index contributed by atoms with van der Waals surface area (Å²) in [4.78, 5) is 16.0. The molecule has 0 radical (unpaired) electrons. The molecule has 3 rings (SSSR count). The topological polar surface area (TPSA) is 51.2 Å². The highest BCUT2D eigenvalue weighted by atomic mass is 32.1. The summed E-state index contributed by atoms with van der Waals surface area (Å²) < 4.78 is 43.1. The van der Waals surface area contributed by atoms with Crippen molar-refractivity contribution in [1.82, 2.24) is 4.98 Å². The number of methoxy groups -OCH3 is 1.